The van der Waals surface area contributed by atoms with E-state index in [1.165, 1.54) is 6.42 Å². The fourth-order valence-electron chi connectivity index (χ4n) is 5.48. The fourth-order valence-corrected chi connectivity index (χ4v) is 5.48. The van der Waals surface area contributed by atoms with E-state index in [0.717, 1.165) is 36.8 Å². The van der Waals surface area contributed by atoms with Gasteiger partial charge in [-0.2, -0.15) is 0 Å². The number of hydrogen-bond acceptors (Lipinski definition) is 6. The number of aliphatic imine (C=N–C) groups is 1. The summed E-state index contributed by atoms with van der Waals surface area (Å²) in [4.78, 5) is 17.4. The largest absolute Gasteiger partial charge is 0.484 e. The van der Waals surface area contributed by atoms with E-state index in [9.17, 15) is 4.79 Å². The zero-order chi connectivity index (χ0) is 29.6. The molecule has 4 rings (SSSR count). The van der Waals surface area contributed by atoms with Crippen molar-refractivity contribution in [2.24, 2.45) is 22.1 Å². The Morgan fingerprint density at radius 2 is 1.80 bits per heavy atom. The second-order valence-electron chi connectivity index (χ2n) is 12.0. The Bertz CT molecular complexity index is 1360. The van der Waals surface area contributed by atoms with Gasteiger partial charge in [0, 0.05) is 23.6 Å². The van der Waals surface area contributed by atoms with Crippen molar-refractivity contribution < 1.29 is 9.53 Å². The van der Waals surface area contributed by atoms with Crippen LogP contribution < -0.4 is 26.6 Å². The average Bonchev–Trinajstić information content (AvgIpc) is 2.95. The predicted molar refractivity (Wildman–Crippen MR) is 163 cm³/mol. The normalized spacial score (nSPS) is 20.2. The number of allylic oxidation sites excluding steroid dienone is 1. The highest BCUT2D eigenvalue weighted by Crippen LogP contribution is 2.38. The number of pyridine rings is 1. The van der Waals surface area contributed by atoms with Gasteiger partial charge in [0.15, 0.2) is 0 Å². The molecule has 0 spiro atoms. The molecule has 9 nitrogen and oxygen atoms in total. The third-order valence-electron chi connectivity index (χ3n) is 7.92. The quantitative estimate of drug-likeness (QED) is 0.221. The van der Waals surface area contributed by atoms with Crippen molar-refractivity contribution in [3.63, 3.8) is 0 Å². The van der Waals surface area contributed by atoms with Crippen molar-refractivity contribution in [1.29, 1.82) is 10.8 Å². The molecule has 2 aliphatic rings. The lowest BCUT2D eigenvalue weighted by Gasteiger charge is -2.32. The van der Waals surface area contributed by atoms with Crippen LogP contribution >= 0.6 is 0 Å². The summed E-state index contributed by atoms with van der Waals surface area (Å²) in [6.45, 7) is 8.48. The molecule has 2 aliphatic carbocycles. The number of rotatable bonds is 6. The first-order valence-electron chi connectivity index (χ1n) is 14.8. The lowest BCUT2D eigenvalue weighted by molar-refractivity contribution is 0.171. The standard InChI is InChI=1S/C32H45N7O2/c1-5-36-29(19-27(33)32(2,3)4)38-31(40)37-25-16-17-26(24-14-10-9-13-23(24)25)41-22-15-18-28(34)39(20-22)30(35)21-11-7-6-8-12-21/h9-10,13-15,18-21,25-26,34-35H,5-8,11-12,16-17,33H2,1-4H3,(H2,36,37,38,40)/b27-19-,34-28?,35-30?/t25-,26+/m0/s1. The van der Waals surface area contributed by atoms with Crippen molar-refractivity contribution >= 4 is 17.7 Å². The van der Waals surface area contributed by atoms with Crippen molar-refractivity contribution in [2.75, 3.05) is 6.54 Å². The summed E-state index contributed by atoms with van der Waals surface area (Å²) in [5.41, 5.74) is 8.95. The maximum Gasteiger partial charge on any atom is 0.320 e. The molecule has 220 valence electrons. The number of nitrogens with zero attached hydrogens (tertiary/aromatic N) is 2. The van der Waals surface area contributed by atoms with Gasteiger partial charge < -0.3 is 15.8 Å². The zero-order valence-corrected chi connectivity index (χ0v) is 24.8. The van der Waals surface area contributed by atoms with Gasteiger partial charge in [-0.05, 0) is 61.9 Å². The number of nitrogens with one attached hydrogen (secondary N) is 4. The molecule has 1 aromatic carbocycles. The number of benzene rings is 1. The van der Waals surface area contributed by atoms with E-state index in [4.69, 9.17) is 21.3 Å². The van der Waals surface area contributed by atoms with Crippen LogP contribution in [0.4, 0.5) is 4.79 Å². The molecule has 0 radical (unpaired) electrons. The molecular formula is C32H45N7O2. The monoisotopic (exact) mass is 559 g/mol. The molecule has 1 fully saturated rings. The van der Waals surface area contributed by atoms with Crippen molar-refractivity contribution in [2.45, 2.75) is 84.8 Å². The summed E-state index contributed by atoms with van der Waals surface area (Å²) in [5.74, 6) is 1.73. The molecular weight excluding hydrogens is 514 g/mol. The molecule has 0 bridgehead atoms. The van der Waals surface area contributed by atoms with Gasteiger partial charge >= 0.3 is 6.03 Å². The molecule has 1 heterocycles. The van der Waals surface area contributed by atoms with Crippen LogP contribution in [0.1, 0.15) is 95.9 Å². The van der Waals surface area contributed by atoms with E-state index in [0.29, 0.717) is 42.5 Å². The lowest BCUT2D eigenvalue weighted by Crippen LogP contribution is -2.42. The first-order chi connectivity index (χ1) is 19.6. The average molecular weight is 560 g/mol. The van der Waals surface area contributed by atoms with Crippen molar-refractivity contribution in [3.05, 3.63) is 71.0 Å². The number of carbonyl (C=O) groups excluding carboxylic acids is 1. The second-order valence-corrected chi connectivity index (χ2v) is 12.0. The fraction of sp³-hybridized carbons (Fsp3) is 0.500. The first-order valence-corrected chi connectivity index (χ1v) is 14.8. The Balaban J connectivity index is 1.47. The minimum atomic E-state index is -0.331. The number of nitrogens with two attached hydrogens (primary N) is 1. The number of ether oxygens (including phenoxy) is 1. The summed E-state index contributed by atoms with van der Waals surface area (Å²) >= 11 is 0. The number of aromatic nitrogens is 1. The van der Waals surface area contributed by atoms with Gasteiger partial charge in [0.2, 0.25) is 0 Å². The summed E-state index contributed by atoms with van der Waals surface area (Å²) in [7, 11) is 0. The Kier molecular flexibility index (Phi) is 9.68. The van der Waals surface area contributed by atoms with Crippen molar-refractivity contribution in [1.82, 2.24) is 15.2 Å². The van der Waals surface area contributed by atoms with Gasteiger partial charge in [-0.1, -0.05) is 64.3 Å². The number of carbonyl (C=O) groups is 1. The molecule has 2 aromatic rings. The number of urea groups is 1. The third-order valence-corrected chi connectivity index (χ3v) is 7.92. The molecule has 0 saturated heterocycles. The molecule has 0 unspecified atom stereocenters. The smallest absolute Gasteiger partial charge is 0.320 e. The Hall–Kier alpha value is -3.88. The first kappa shape index (κ1) is 30.1. The predicted octanol–water partition coefficient (Wildman–Crippen LogP) is 5.93. The minimum Gasteiger partial charge on any atom is -0.484 e. The van der Waals surface area contributed by atoms with Gasteiger partial charge in [-0.3, -0.25) is 25.7 Å². The Morgan fingerprint density at radius 1 is 1.10 bits per heavy atom. The molecule has 41 heavy (non-hydrogen) atoms. The minimum absolute atomic E-state index is 0.182. The van der Waals surface area contributed by atoms with Crippen LogP contribution in [0.2, 0.25) is 0 Å². The zero-order valence-electron chi connectivity index (χ0n) is 24.8. The van der Waals surface area contributed by atoms with Crippen LogP contribution in [0, 0.1) is 22.2 Å². The van der Waals surface area contributed by atoms with E-state index in [1.807, 2.05) is 52.0 Å². The summed E-state index contributed by atoms with van der Waals surface area (Å²) in [6, 6.07) is 11.0. The highest BCUT2D eigenvalue weighted by molar-refractivity contribution is 6.04. The summed E-state index contributed by atoms with van der Waals surface area (Å²) in [6.07, 6.45) is 10.2. The number of amides is 2. The molecule has 1 aromatic heterocycles. The van der Waals surface area contributed by atoms with E-state index >= 15 is 0 Å². The summed E-state index contributed by atoms with van der Waals surface area (Å²) in [5, 5.41) is 23.1. The highest BCUT2D eigenvalue weighted by atomic mass is 16.5. The maximum absolute atomic E-state index is 13.0. The number of fused-ring (bicyclic) bond motifs is 1. The number of hydrogen-bond donors (Lipinski definition) is 5. The van der Waals surface area contributed by atoms with Gasteiger partial charge in [-0.25, -0.2) is 4.79 Å². The lowest BCUT2D eigenvalue weighted by atomic mass is 9.85. The van der Waals surface area contributed by atoms with Crippen LogP contribution in [0.15, 0.2) is 59.4 Å². The number of amidine groups is 1. The summed E-state index contributed by atoms with van der Waals surface area (Å²) < 4.78 is 8.13. The van der Waals surface area contributed by atoms with E-state index in [1.54, 1.807) is 29.0 Å². The van der Waals surface area contributed by atoms with E-state index in [-0.39, 0.29) is 35.0 Å². The molecule has 2 atom stereocenters. The third kappa shape index (κ3) is 7.65. The molecule has 0 aliphatic heterocycles. The van der Waals surface area contributed by atoms with Gasteiger partial charge in [0.1, 0.15) is 29.0 Å². The molecule has 1 saturated carbocycles. The maximum atomic E-state index is 13.0. The molecule has 9 heteroatoms. The van der Waals surface area contributed by atoms with Gasteiger partial charge in [0.25, 0.3) is 0 Å². The Labute approximate surface area is 243 Å². The van der Waals surface area contributed by atoms with Crippen LogP contribution in [0.5, 0.6) is 5.75 Å². The van der Waals surface area contributed by atoms with E-state index < -0.39 is 0 Å². The van der Waals surface area contributed by atoms with Crippen LogP contribution in [0.3, 0.4) is 0 Å². The van der Waals surface area contributed by atoms with E-state index in [2.05, 4.69) is 15.6 Å². The van der Waals surface area contributed by atoms with Crippen LogP contribution in [-0.4, -0.2) is 28.8 Å². The molecule has 6 N–H and O–H groups in total. The van der Waals surface area contributed by atoms with Crippen molar-refractivity contribution in [3.8, 4) is 5.75 Å². The highest BCUT2D eigenvalue weighted by Gasteiger charge is 2.30. The SMILES string of the molecule is CCN=C(/C=C(\N)C(C)(C)C)NC(=O)N[C@H]1CC[C@@H](Oc2ccc(=N)n(C(=N)C3CCCCC3)c2)c2ccccc21. The molecule has 2 amide bonds. The second kappa shape index (κ2) is 13.2. The van der Waals surface area contributed by atoms with Crippen LogP contribution in [0.25, 0.3) is 0 Å². The van der Waals surface area contributed by atoms with Gasteiger partial charge in [-0.15, -0.1) is 0 Å². The van der Waals surface area contributed by atoms with Crippen LogP contribution in [-0.2, 0) is 0 Å². The Morgan fingerprint density at radius 3 is 2.49 bits per heavy atom. The topological polar surface area (TPSA) is 141 Å². The van der Waals surface area contributed by atoms with Gasteiger partial charge in [0.05, 0.1) is 12.2 Å².